The van der Waals surface area contributed by atoms with Gasteiger partial charge >= 0.3 is 0 Å². The molecule has 1 atom stereocenters. The first-order valence-electron chi connectivity index (χ1n) is 2.78. The van der Waals surface area contributed by atoms with Crippen molar-refractivity contribution in [2.24, 2.45) is 0 Å². The second kappa shape index (κ2) is 3.24. The van der Waals surface area contributed by atoms with Crippen LogP contribution in [0.25, 0.3) is 0 Å². The number of hydrogen-bond donors (Lipinski definition) is 1. The molecule has 0 spiro atoms. The molecule has 0 aromatic heterocycles. The molecular weight excluding hydrogens is 193 g/mol. The first kappa shape index (κ1) is 9.21. The smallest absolute Gasteiger partial charge is 0.189 e. The van der Waals surface area contributed by atoms with E-state index in [4.69, 9.17) is 4.55 Å². The Kier molecular flexibility index (Phi) is 2.49. The van der Waals surface area contributed by atoms with E-state index in [2.05, 4.69) is 0 Å². The van der Waals surface area contributed by atoms with Gasteiger partial charge in [0.15, 0.2) is 22.7 Å². The molecule has 0 saturated heterocycles. The lowest BCUT2D eigenvalue weighted by molar-refractivity contribution is 0.480. The zero-order chi connectivity index (χ0) is 9.30. The van der Waals surface area contributed by atoms with Crippen LogP contribution in [-0.4, -0.2) is 8.76 Å². The molecule has 0 heterocycles. The molecule has 6 heteroatoms. The molecule has 0 bridgehead atoms. The molecule has 0 amide bonds. The van der Waals surface area contributed by atoms with Crippen LogP contribution < -0.4 is 0 Å². The average Bonchev–Trinajstić information content (AvgIpc) is 1.96. The fraction of sp³-hybridized carbons (Fsp3) is 0. The standard InChI is InChI=1S/C6H3F3O2S/c7-3-1-5(9)6(12(10)11)2-4(3)8/h1-2H,(H,10,11). The van der Waals surface area contributed by atoms with Gasteiger partial charge in [0.05, 0.1) is 0 Å². The fourth-order valence-corrected chi connectivity index (χ4v) is 1.07. The van der Waals surface area contributed by atoms with Crippen molar-refractivity contribution in [1.29, 1.82) is 0 Å². The van der Waals surface area contributed by atoms with Crippen molar-refractivity contribution in [3.8, 4) is 0 Å². The topological polar surface area (TPSA) is 37.3 Å². The second-order valence-electron chi connectivity index (χ2n) is 1.95. The van der Waals surface area contributed by atoms with Crippen molar-refractivity contribution in [3.63, 3.8) is 0 Å². The number of halogens is 3. The zero-order valence-electron chi connectivity index (χ0n) is 5.55. The summed E-state index contributed by atoms with van der Waals surface area (Å²) >= 11 is -2.64. The normalized spacial score (nSPS) is 13.0. The Bertz CT molecular complexity index is 340. The summed E-state index contributed by atoms with van der Waals surface area (Å²) in [5.41, 5.74) is 0. The third kappa shape index (κ3) is 1.64. The van der Waals surface area contributed by atoms with Crippen LogP contribution in [0.1, 0.15) is 0 Å². The highest BCUT2D eigenvalue weighted by Crippen LogP contribution is 2.15. The van der Waals surface area contributed by atoms with Crippen LogP contribution in [0.4, 0.5) is 13.2 Å². The third-order valence-electron chi connectivity index (χ3n) is 1.16. The van der Waals surface area contributed by atoms with Crippen LogP contribution in [0.2, 0.25) is 0 Å². The highest BCUT2D eigenvalue weighted by atomic mass is 32.2. The molecule has 2 nitrogen and oxygen atoms in total. The van der Waals surface area contributed by atoms with E-state index in [1.54, 1.807) is 0 Å². The first-order chi connectivity index (χ1) is 5.52. The number of rotatable bonds is 1. The van der Waals surface area contributed by atoms with E-state index < -0.39 is 33.4 Å². The zero-order valence-corrected chi connectivity index (χ0v) is 6.37. The van der Waals surface area contributed by atoms with Gasteiger partial charge in [0.1, 0.15) is 10.7 Å². The maximum atomic E-state index is 12.5. The number of benzene rings is 1. The highest BCUT2D eigenvalue weighted by Gasteiger charge is 2.13. The lowest BCUT2D eigenvalue weighted by Gasteiger charge is -1.98. The van der Waals surface area contributed by atoms with Gasteiger partial charge in [-0.25, -0.2) is 17.4 Å². The van der Waals surface area contributed by atoms with Crippen LogP contribution in [-0.2, 0) is 11.1 Å². The van der Waals surface area contributed by atoms with Crippen LogP contribution in [0, 0.1) is 17.5 Å². The molecule has 1 unspecified atom stereocenters. The second-order valence-corrected chi connectivity index (χ2v) is 2.88. The predicted octanol–water partition coefficient (Wildman–Crippen LogP) is 1.68. The summed E-state index contributed by atoms with van der Waals surface area (Å²) in [5.74, 6) is -3.98. The Morgan fingerprint density at radius 1 is 1.08 bits per heavy atom. The van der Waals surface area contributed by atoms with E-state index in [1.807, 2.05) is 0 Å². The minimum Gasteiger partial charge on any atom is -0.302 e. The third-order valence-corrected chi connectivity index (χ3v) is 1.85. The summed E-state index contributed by atoms with van der Waals surface area (Å²) in [6.07, 6.45) is 0. The van der Waals surface area contributed by atoms with Gasteiger partial charge in [0.2, 0.25) is 0 Å². The van der Waals surface area contributed by atoms with Crippen molar-refractivity contribution >= 4 is 11.1 Å². The Labute approximate surface area is 68.3 Å². The Morgan fingerprint density at radius 3 is 2.08 bits per heavy atom. The Hall–Kier alpha value is -0.880. The summed E-state index contributed by atoms with van der Waals surface area (Å²) < 4.78 is 55.7. The summed E-state index contributed by atoms with van der Waals surface area (Å²) in [7, 11) is 0. The minimum atomic E-state index is -2.64. The minimum absolute atomic E-state index is 0.221. The molecular formula is C6H3F3O2S. The fourth-order valence-electron chi connectivity index (χ4n) is 0.638. The lowest BCUT2D eigenvalue weighted by atomic mass is 10.3. The molecule has 0 saturated carbocycles. The molecule has 0 aliphatic heterocycles. The van der Waals surface area contributed by atoms with E-state index in [1.165, 1.54) is 0 Å². The predicted molar refractivity (Wildman–Crippen MR) is 35.4 cm³/mol. The molecule has 0 aliphatic carbocycles. The maximum Gasteiger partial charge on any atom is 0.189 e. The van der Waals surface area contributed by atoms with E-state index in [-0.39, 0.29) is 6.07 Å². The van der Waals surface area contributed by atoms with Crippen LogP contribution in [0.15, 0.2) is 17.0 Å². The van der Waals surface area contributed by atoms with Crippen LogP contribution >= 0.6 is 0 Å². The SMILES string of the molecule is O=S(O)c1cc(F)c(F)cc1F. The van der Waals surface area contributed by atoms with Crippen molar-refractivity contribution in [2.75, 3.05) is 0 Å². The van der Waals surface area contributed by atoms with Gasteiger partial charge in [-0.15, -0.1) is 0 Å². The van der Waals surface area contributed by atoms with Crippen LogP contribution in [0.3, 0.4) is 0 Å². The van der Waals surface area contributed by atoms with E-state index in [0.29, 0.717) is 6.07 Å². The molecule has 12 heavy (non-hydrogen) atoms. The first-order valence-corrected chi connectivity index (χ1v) is 3.88. The quantitative estimate of drug-likeness (QED) is 0.548. The van der Waals surface area contributed by atoms with E-state index in [0.717, 1.165) is 0 Å². The molecule has 1 aromatic carbocycles. The lowest BCUT2D eigenvalue weighted by Crippen LogP contribution is -1.97. The van der Waals surface area contributed by atoms with Gasteiger partial charge in [-0.3, -0.25) is 0 Å². The van der Waals surface area contributed by atoms with Crippen molar-refractivity contribution < 1.29 is 21.9 Å². The molecule has 0 radical (unpaired) electrons. The molecule has 0 fully saturated rings. The molecule has 66 valence electrons. The van der Waals surface area contributed by atoms with Gasteiger partial charge < -0.3 is 4.55 Å². The van der Waals surface area contributed by atoms with E-state index in [9.17, 15) is 17.4 Å². The van der Waals surface area contributed by atoms with Gasteiger partial charge in [0, 0.05) is 6.07 Å². The van der Waals surface area contributed by atoms with Gasteiger partial charge in [-0.2, -0.15) is 0 Å². The summed E-state index contributed by atoms with van der Waals surface area (Å²) in [5, 5.41) is 0. The van der Waals surface area contributed by atoms with Crippen molar-refractivity contribution in [3.05, 3.63) is 29.6 Å². The van der Waals surface area contributed by atoms with Gasteiger partial charge in [0.25, 0.3) is 0 Å². The molecule has 1 rings (SSSR count). The highest BCUT2D eigenvalue weighted by molar-refractivity contribution is 7.79. The van der Waals surface area contributed by atoms with E-state index >= 15 is 0 Å². The Balaban J connectivity index is 3.33. The molecule has 0 aliphatic rings. The Morgan fingerprint density at radius 2 is 1.58 bits per heavy atom. The van der Waals surface area contributed by atoms with Gasteiger partial charge in [-0.05, 0) is 6.07 Å². The summed E-state index contributed by atoms with van der Waals surface area (Å²) in [6, 6.07) is 0.569. The largest absolute Gasteiger partial charge is 0.302 e. The monoisotopic (exact) mass is 196 g/mol. The van der Waals surface area contributed by atoms with Crippen LogP contribution in [0.5, 0.6) is 0 Å². The van der Waals surface area contributed by atoms with Crippen molar-refractivity contribution in [2.45, 2.75) is 4.90 Å². The average molecular weight is 196 g/mol. The van der Waals surface area contributed by atoms with Crippen molar-refractivity contribution in [1.82, 2.24) is 0 Å². The summed E-state index contributed by atoms with van der Waals surface area (Å²) in [4.78, 5) is -0.770. The van der Waals surface area contributed by atoms with Gasteiger partial charge in [-0.1, -0.05) is 0 Å². The maximum absolute atomic E-state index is 12.5. The summed E-state index contributed by atoms with van der Waals surface area (Å²) in [6.45, 7) is 0. The number of hydrogen-bond acceptors (Lipinski definition) is 1. The molecule has 1 aromatic rings. The molecule has 1 N–H and O–H groups in total.